The van der Waals surface area contributed by atoms with Gasteiger partial charge in [0.1, 0.15) is 5.82 Å². The van der Waals surface area contributed by atoms with Gasteiger partial charge in [-0.3, -0.25) is 0 Å². The third kappa shape index (κ3) is 2.87. The predicted octanol–water partition coefficient (Wildman–Crippen LogP) is 6.51. The van der Waals surface area contributed by atoms with Gasteiger partial charge in [0, 0.05) is 5.41 Å². The fourth-order valence-electron chi connectivity index (χ4n) is 5.90. The third-order valence-corrected chi connectivity index (χ3v) is 7.56. The van der Waals surface area contributed by atoms with Crippen LogP contribution in [0.2, 0.25) is 0 Å². The third-order valence-electron chi connectivity index (χ3n) is 7.56. The Labute approximate surface area is 173 Å². The Morgan fingerprint density at radius 2 is 1.90 bits per heavy atom. The Morgan fingerprint density at radius 3 is 2.60 bits per heavy atom. The highest BCUT2D eigenvalue weighted by atomic mass is 19.4. The zero-order valence-electron chi connectivity index (χ0n) is 17.0. The molecular formula is C24H24F4N2. The summed E-state index contributed by atoms with van der Waals surface area (Å²) in [6.45, 7) is 3.95. The van der Waals surface area contributed by atoms with Gasteiger partial charge in [-0.25, -0.2) is 9.07 Å². The van der Waals surface area contributed by atoms with Crippen molar-refractivity contribution in [2.24, 2.45) is 23.2 Å². The van der Waals surface area contributed by atoms with Crippen molar-refractivity contribution in [2.75, 3.05) is 0 Å². The van der Waals surface area contributed by atoms with Crippen molar-refractivity contribution < 1.29 is 17.6 Å². The lowest BCUT2D eigenvalue weighted by atomic mass is 9.54. The molecule has 1 saturated carbocycles. The number of rotatable bonds is 1. The normalized spacial score (nSPS) is 30.7. The lowest BCUT2D eigenvalue weighted by Crippen LogP contribution is -2.44. The second-order valence-corrected chi connectivity index (χ2v) is 9.17. The number of alkyl halides is 3. The van der Waals surface area contributed by atoms with Gasteiger partial charge in [-0.1, -0.05) is 31.1 Å². The second-order valence-electron chi connectivity index (χ2n) is 9.17. The topological polar surface area (TPSA) is 17.8 Å². The summed E-state index contributed by atoms with van der Waals surface area (Å²) in [4.78, 5) is 0. The summed E-state index contributed by atoms with van der Waals surface area (Å²) in [7, 11) is 0. The fraction of sp³-hybridized carbons (Fsp3) is 0.458. The van der Waals surface area contributed by atoms with Crippen LogP contribution in [-0.4, -0.2) is 16.0 Å². The van der Waals surface area contributed by atoms with E-state index in [4.69, 9.17) is 0 Å². The molecule has 0 spiro atoms. The van der Waals surface area contributed by atoms with Gasteiger partial charge in [0.05, 0.1) is 23.5 Å². The summed E-state index contributed by atoms with van der Waals surface area (Å²) in [5.74, 6) is -1.96. The van der Waals surface area contributed by atoms with E-state index in [2.05, 4.69) is 18.1 Å². The SMILES string of the molecule is C[C@H]1[C@H](C(F)(F)F)CC=C2[C@@H]1CCC1=Cc3c(cnn3-c3ccc(F)cc3)C[C@@]12C. The summed E-state index contributed by atoms with van der Waals surface area (Å²) >= 11 is 0. The van der Waals surface area contributed by atoms with Crippen LogP contribution in [-0.2, 0) is 6.42 Å². The fourth-order valence-corrected chi connectivity index (χ4v) is 5.90. The van der Waals surface area contributed by atoms with E-state index in [1.54, 1.807) is 19.1 Å². The van der Waals surface area contributed by atoms with E-state index in [-0.39, 0.29) is 23.6 Å². The monoisotopic (exact) mass is 416 g/mol. The van der Waals surface area contributed by atoms with E-state index in [0.717, 1.165) is 36.2 Å². The first-order chi connectivity index (χ1) is 14.2. The van der Waals surface area contributed by atoms with Crippen LogP contribution in [0.5, 0.6) is 0 Å². The zero-order valence-corrected chi connectivity index (χ0v) is 17.0. The molecule has 6 heteroatoms. The van der Waals surface area contributed by atoms with Crippen molar-refractivity contribution >= 4 is 6.08 Å². The minimum absolute atomic E-state index is 0.0266. The number of aromatic nitrogens is 2. The van der Waals surface area contributed by atoms with Crippen molar-refractivity contribution in [2.45, 2.75) is 45.7 Å². The molecule has 2 aromatic rings. The van der Waals surface area contributed by atoms with E-state index in [9.17, 15) is 17.6 Å². The van der Waals surface area contributed by atoms with Crippen LogP contribution in [0.4, 0.5) is 17.6 Å². The van der Waals surface area contributed by atoms with E-state index in [1.807, 2.05) is 17.0 Å². The van der Waals surface area contributed by atoms with Crippen LogP contribution in [0.3, 0.4) is 0 Å². The van der Waals surface area contributed by atoms with E-state index in [0.29, 0.717) is 0 Å². The Bertz CT molecular complexity index is 1040. The quantitative estimate of drug-likeness (QED) is 0.383. The minimum atomic E-state index is -4.14. The average molecular weight is 416 g/mol. The molecular weight excluding hydrogens is 392 g/mol. The van der Waals surface area contributed by atoms with Crippen LogP contribution >= 0.6 is 0 Å². The highest BCUT2D eigenvalue weighted by Crippen LogP contribution is 2.58. The van der Waals surface area contributed by atoms with Gasteiger partial charge < -0.3 is 0 Å². The van der Waals surface area contributed by atoms with Crippen molar-refractivity contribution in [3.8, 4) is 5.69 Å². The molecule has 0 N–H and O–H groups in total. The summed E-state index contributed by atoms with van der Waals surface area (Å²) in [6.07, 6.45) is 4.09. The first kappa shape index (κ1) is 19.6. The molecule has 0 radical (unpaired) electrons. The van der Waals surface area contributed by atoms with Gasteiger partial charge in [0.25, 0.3) is 0 Å². The van der Waals surface area contributed by atoms with Gasteiger partial charge in [0.2, 0.25) is 0 Å². The van der Waals surface area contributed by atoms with E-state index < -0.39 is 18.0 Å². The molecule has 5 rings (SSSR count). The molecule has 1 aromatic heterocycles. The summed E-state index contributed by atoms with van der Waals surface area (Å²) in [5.41, 5.74) is 5.05. The molecule has 1 heterocycles. The van der Waals surface area contributed by atoms with Crippen LogP contribution in [0, 0.1) is 29.0 Å². The first-order valence-electron chi connectivity index (χ1n) is 10.5. The lowest BCUT2D eigenvalue weighted by Gasteiger charge is -2.50. The van der Waals surface area contributed by atoms with Gasteiger partial charge in [-0.2, -0.15) is 18.3 Å². The molecule has 0 bridgehead atoms. The number of halogens is 4. The number of fused-ring (bicyclic) bond motifs is 4. The standard InChI is InChI=1S/C24H24F4N2/c1-14-19-8-3-16-11-22-15(13-29-30(22)18-6-4-17(25)5-7-18)12-23(16,2)21(19)10-9-20(14)24(26,27)28/h4-7,10-11,13-14,19-20H,3,8-9,12H2,1-2H3/t14-,19-,20-,23+/m1/s1. The van der Waals surface area contributed by atoms with Crippen LogP contribution in [0.25, 0.3) is 11.8 Å². The smallest absolute Gasteiger partial charge is 0.233 e. The van der Waals surface area contributed by atoms with E-state index >= 15 is 0 Å². The van der Waals surface area contributed by atoms with Crippen LogP contribution in [0.15, 0.2) is 47.7 Å². The summed E-state index contributed by atoms with van der Waals surface area (Å²) in [5, 5.41) is 4.53. The molecule has 30 heavy (non-hydrogen) atoms. The lowest BCUT2D eigenvalue weighted by molar-refractivity contribution is -0.193. The van der Waals surface area contributed by atoms with Crippen molar-refractivity contribution in [3.05, 3.63) is 64.8 Å². The predicted molar refractivity (Wildman–Crippen MR) is 107 cm³/mol. The number of allylic oxidation sites excluding steroid dienone is 3. The second kappa shape index (κ2) is 6.56. The average Bonchev–Trinajstić information content (AvgIpc) is 3.08. The number of benzene rings is 1. The number of nitrogens with zero attached hydrogens (tertiary/aromatic N) is 2. The Morgan fingerprint density at radius 1 is 1.17 bits per heavy atom. The van der Waals surface area contributed by atoms with Crippen molar-refractivity contribution in [1.82, 2.24) is 9.78 Å². The van der Waals surface area contributed by atoms with Gasteiger partial charge in [-0.15, -0.1) is 0 Å². The summed E-state index contributed by atoms with van der Waals surface area (Å²) in [6, 6.07) is 6.24. The molecule has 0 unspecified atom stereocenters. The highest BCUT2D eigenvalue weighted by molar-refractivity contribution is 5.63. The largest absolute Gasteiger partial charge is 0.392 e. The Hall–Kier alpha value is -2.37. The molecule has 1 aromatic carbocycles. The maximum Gasteiger partial charge on any atom is 0.392 e. The first-order valence-corrected chi connectivity index (χ1v) is 10.5. The molecule has 1 fully saturated rings. The van der Waals surface area contributed by atoms with Crippen LogP contribution in [0.1, 0.15) is 44.4 Å². The van der Waals surface area contributed by atoms with Gasteiger partial charge in [0.15, 0.2) is 0 Å². The number of hydrogen-bond donors (Lipinski definition) is 0. The minimum Gasteiger partial charge on any atom is -0.233 e. The Balaban J connectivity index is 1.53. The van der Waals surface area contributed by atoms with Gasteiger partial charge >= 0.3 is 6.18 Å². The van der Waals surface area contributed by atoms with Crippen molar-refractivity contribution in [1.29, 1.82) is 0 Å². The number of hydrogen-bond acceptors (Lipinski definition) is 1. The highest BCUT2D eigenvalue weighted by Gasteiger charge is 2.52. The molecule has 3 aliphatic rings. The van der Waals surface area contributed by atoms with Crippen molar-refractivity contribution in [3.63, 3.8) is 0 Å². The molecule has 3 aliphatic carbocycles. The van der Waals surface area contributed by atoms with Crippen LogP contribution < -0.4 is 0 Å². The van der Waals surface area contributed by atoms with Gasteiger partial charge in [-0.05, 0) is 73.4 Å². The Kier molecular flexibility index (Phi) is 4.28. The molecule has 0 aliphatic heterocycles. The molecule has 0 amide bonds. The van der Waals surface area contributed by atoms with E-state index in [1.165, 1.54) is 23.3 Å². The molecule has 0 saturated heterocycles. The maximum atomic E-state index is 13.5. The zero-order chi connectivity index (χ0) is 21.3. The summed E-state index contributed by atoms with van der Waals surface area (Å²) < 4.78 is 55.6. The molecule has 2 nitrogen and oxygen atoms in total. The molecule has 4 atom stereocenters. The molecule has 158 valence electrons. The maximum absolute atomic E-state index is 13.5.